The average Bonchev–Trinajstić information content (AvgIpc) is 3.58. The highest BCUT2D eigenvalue weighted by molar-refractivity contribution is 6.00. The Morgan fingerprint density at radius 3 is 2.68 bits per heavy atom. The van der Waals surface area contributed by atoms with Crippen LogP contribution in [0.25, 0.3) is 22.3 Å². The number of fused-ring (bicyclic) bond motifs is 1. The number of rotatable bonds is 8. The molecule has 0 spiro atoms. The Morgan fingerprint density at radius 2 is 1.92 bits per heavy atom. The zero-order valence-electron chi connectivity index (χ0n) is 21.0. The second kappa shape index (κ2) is 10.9. The topological polar surface area (TPSA) is 115 Å². The maximum atomic E-state index is 12.9. The number of hydrogen-bond donors (Lipinski definition) is 1. The highest BCUT2D eigenvalue weighted by atomic mass is 16.5. The second-order valence-corrected chi connectivity index (χ2v) is 9.30. The predicted octanol–water partition coefficient (Wildman–Crippen LogP) is 3.32. The van der Waals surface area contributed by atoms with Crippen LogP contribution in [0.5, 0.6) is 0 Å². The minimum Gasteiger partial charge on any atom is -0.383 e. The van der Waals surface area contributed by atoms with E-state index in [1.165, 1.54) is 0 Å². The number of hydrogen-bond acceptors (Lipinski definition) is 7. The summed E-state index contributed by atoms with van der Waals surface area (Å²) in [5.74, 6) is 0.477. The highest BCUT2D eigenvalue weighted by Gasteiger charge is 2.28. The molecule has 3 heterocycles. The molecule has 1 saturated heterocycles. The molecule has 0 aliphatic carbocycles. The number of piperidine rings is 1. The van der Waals surface area contributed by atoms with Crippen molar-refractivity contribution in [1.29, 1.82) is 0 Å². The van der Waals surface area contributed by atoms with Crippen LogP contribution in [0.15, 0.2) is 53.2 Å². The van der Waals surface area contributed by atoms with Gasteiger partial charge in [0.05, 0.1) is 12.1 Å². The monoisotopic (exact) mass is 502 g/mol. The summed E-state index contributed by atoms with van der Waals surface area (Å²) in [7, 11) is 1.61. The van der Waals surface area contributed by atoms with Crippen molar-refractivity contribution in [2.24, 2.45) is 5.92 Å². The minimum absolute atomic E-state index is 0.0214. The van der Waals surface area contributed by atoms with E-state index >= 15 is 0 Å². The summed E-state index contributed by atoms with van der Waals surface area (Å²) >= 11 is 0. The Labute approximate surface area is 214 Å². The number of methoxy groups -OCH3 is 1. The van der Waals surface area contributed by atoms with Crippen LogP contribution in [0, 0.1) is 12.8 Å². The first-order valence-corrected chi connectivity index (χ1v) is 12.5. The van der Waals surface area contributed by atoms with E-state index in [1.54, 1.807) is 12.0 Å². The van der Waals surface area contributed by atoms with Gasteiger partial charge in [0.15, 0.2) is 0 Å². The molecular weight excluding hydrogens is 472 g/mol. The highest BCUT2D eigenvalue weighted by Crippen LogP contribution is 2.25. The predicted molar refractivity (Wildman–Crippen MR) is 137 cm³/mol. The van der Waals surface area contributed by atoms with Crippen molar-refractivity contribution >= 4 is 22.7 Å². The lowest BCUT2D eigenvalue weighted by atomic mass is 9.97. The molecular formula is C27H30N6O4. The maximum absolute atomic E-state index is 12.9. The lowest BCUT2D eigenvalue weighted by Gasteiger charge is -2.30. The maximum Gasteiger partial charge on any atom is 0.316 e. The van der Waals surface area contributed by atoms with E-state index in [0.717, 1.165) is 41.4 Å². The van der Waals surface area contributed by atoms with Crippen LogP contribution in [0.2, 0.25) is 0 Å². The number of nitrogens with one attached hydrogen (secondary N) is 1. The van der Waals surface area contributed by atoms with Crippen molar-refractivity contribution < 1.29 is 18.8 Å². The zero-order valence-corrected chi connectivity index (χ0v) is 21.0. The van der Waals surface area contributed by atoms with Crippen molar-refractivity contribution in [3.8, 4) is 11.4 Å². The minimum atomic E-state index is -0.232. The van der Waals surface area contributed by atoms with Crippen LogP contribution >= 0.6 is 0 Å². The zero-order chi connectivity index (χ0) is 25.8. The number of carbonyl (C=O) groups excluding carboxylic acids is 2. The molecule has 2 aromatic heterocycles. The first-order valence-electron chi connectivity index (χ1n) is 12.5. The van der Waals surface area contributed by atoms with Gasteiger partial charge in [-0.25, -0.2) is 0 Å². The Hall–Kier alpha value is -4.05. The molecule has 10 nitrogen and oxygen atoms in total. The first-order chi connectivity index (χ1) is 18.0. The number of amides is 2. The fourth-order valence-corrected chi connectivity index (χ4v) is 4.72. The first kappa shape index (κ1) is 24.6. The molecule has 10 heteroatoms. The van der Waals surface area contributed by atoms with Gasteiger partial charge in [0, 0.05) is 56.0 Å². The van der Waals surface area contributed by atoms with Crippen LogP contribution in [-0.2, 0) is 11.3 Å². The molecule has 0 bridgehead atoms. The van der Waals surface area contributed by atoms with Crippen molar-refractivity contribution in [2.45, 2.75) is 26.3 Å². The van der Waals surface area contributed by atoms with E-state index in [0.29, 0.717) is 43.5 Å². The molecule has 2 aromatic carbocycles. The van der Waals surface area contributed by atoms with Gasteiger partial charge in [0.1, 0.15) is 0 Å². The third-order valence-electron chi connectivity index (χ3n) is 6.83. The van der Waals surface area contributed by atoms with Crippen LogP contribution < -0.4 is 5.32 Å². The van der Waals surface area contributed by atoms with E-state index in [2.05, 4.69) is 15.5 Å². The number of ether oxygens (including phenoxy) is 1. The number of nitrogens with zero attached hydrogens (tertiary/aromatic N) is 5. The van der Waals surface area contributed by atoms with Gasteiger partial charge in [-0.3, -0.25) is 14.3 Å². The molecule has 2 amide bonds. The third kappa shape index (κ3) is 5.39. The number of likely N-dealkylation sites (tertiary alicyclic amines) is 1. The van der Waals surface area contributed by atoms with Gasteiger partial charge in [-0.1, -0.05) is 35.5 Å². The fraction of sp³-hybridized carbons (Fsp3) is 0.370. The van der Waals surface area contributed by atoms with Gasteiger partial charge in [0.2, 0.25) is 5.82 Å². The molecule has 1 fully saturated rings. The molecule has 5 rings (SSSR count). The summed E-state index contributed by atoms with van der Waals surface area (Å²) in [6, 6.07) is 13.2. The SMILES string of the molecule is COCCNC(=O)c1ccc2nn(CC3CCN(C(=O)c4nc(-c5ccccc5)no4)CC3)cc2c1C. The molecule has 1 N–H and O–H groups in total. The van der Waals surface area contributed by atoms with Crippen LogP contribution in [-0.4, -0.2) is 70.0 Å². The Balaban J connectivity index is 1.19. The van der Waals surface area contributed by atoms with Crippen LogP contribution in [0.4, 0.5) is 0 Å². The van der Waals surface area contributed by atoms with E-state index in [-0.39, 0.29) is 17.7 Å². The average molecular weight is 503 g/mol. The van der Waals surface area contributed by atoms with Gasteiger partial charge in [-0.05, 0) is 43.4 Å². The fourth-order valence-electron chi connectivity index (χ4n) is 4.72. The summed E-state index contributed by atoms with van der Waals surface area (Å²) in [4.78, 5) is 31.5. The molecule has 1 aliphatic heterocycles. The number of carbonyl (C=O) groups is 2. The third-order valence-corrected chi connectivity index (χ3v) is 6.83. The van der Waals surface area contributed by atoms with Crippen molar-refractivity contribution in [1.82, 2.24) is 30.1 Å². The van der Waals surface area contributed by atoms with Crippen molar-refractivity contribution in [3.05, 3.63) is 65.7 Å². The molecule has 0 radical (unpaired) electrons. The van der Waals surface area contributed by atoms with Gasteiger partial charge in [0.25, 0.3) is 5.91 Å². The van der Waals surface area contributed by atoms with Crippen molar-refractivity contribution in [3.63, 3.8) is 0 Å². The van der Waals surface area contributed by atoms with Crippen LogP contribution in [0.1, 0.15) is 39.4 Å². The molecule has 192 valence electrons. The van der Waals surface area contributed by atoms with E-state index in [1.807, 2.05) is 60.3 Å². The Bertz CT molecular complexity index is 1390. The largest absolute Gasteiger partial charge is 0.383 e. The molecule has 0 unspecified atom stereocenters. The summed E-state index contributed by atoms with van der Waals surface area (Å²) in [5.41, 5.74) is 3.23. The van der Waals surface area contributed by atoms with Gasteiger partial charge in [-0.15, -0.1) is 0 Å². The standard InChI is InChI=1S/C27H30N6O4/c1-18-21(25(34)28-12-15-36-2)8-9-23-22(18)17-33(30-23)16-19-10-13-32(14-11-19)27(35)26-29-24(31-37-26)20-6-4-3-5-7-20/h3-9,17,19H,10-16H2,1-2H3,(H,28,34). The molecule has 0 atom stereocenters. The summed E-state index contributed by atoms with van der Waals surface area (Å²) in [6.45, 7) is 4.89. The summed E-state index contributed by atoms with van der Waals surface area (Å²) < 4.78 is 12.2. The number of aryl methyl sites for hydroxylation is 1. The summed E-state index contributed by atoms with van der Waals surface area (Å²) in [6.07, 6.45) is 3.72. The Morgan fingerprint density at radius 1 is 1.14 bits per heavy atom. The lowest BCUT2D eigenvalue weighted by Crippen LogP contribution is -2.39. The summed E-state index contributed by atoms with van der Waals surface area (Å²) in [5, 5.41) is 12.5. The van der Waals surface area contributed by atoms with Gasteiger partial charge in [-0.2, -0.15) is 10.1 Å². The van der Waals surface area contributed by atoms with Crippen LogP contribution in [0.3, 0.4) is 0 Å². The van der Waals surface area contributed by atoms with Crippen molar-refractivity contribution in [2.75, 3.05) is 33.4 Å². The second-order valence-electron chi connectivity index (χ2n) is 9.30. The van der Waals surface area contributed by atoms with E-state index in [9.17, 15) is 9.59 Å². The smallest absolute Gasteiger partial charge is 0.316 e. The van der Waals surface area contributed by atoms with Gasteiger partial charge >= 0.3 is 11.8 Å². The van der Waals surface area contributed by atoms with E-state index in [4.69, 9.17) is 14.4 Å². The number of benzene rings is 2. The molecule has 1 aliphatic rings. The number of aromatic nitrogens is 4. The lowest BCUT2D eigenvalue weighted by molar-refractivity contribution is 0.0631. The van der Waals surface area contributed by atoms with E-state index < -0.39 is 0 Å². The normalized spacial score (nSPS) is 14.3. The Kier molecular flexibility index (Phi) is 7.27. The quantitative estimate of drug-likeness (QED) is 0.368. The molecule has 0 saturated carbocycles. The van der Waals surface area contributed by atoms with Gasteiger partial charge < -0.3 is 19.5 Å². The molecule has 37 heavy (non-hydrogen) atoms. The molecule has 4 aromatic rings.